The molecule has 18 heavy (non-hydrogen) atoms. The zero-order valence-corrected chi connectivity index (χ0v) is 10.4. The maximum Gasteiger partial charge on any atom is 0.236 e. The first-order valence-electron chi connectivity index (χ1n) is 5.65. The van der Waals surface area contributed by atoms with Gasteiger partial charge in [-0.2, -0.15) is 5.26 Å². The molecule has 4 nitrogen and oxygen atoms in total. The lowest BCUT2D eigenvalue weighted by Crippen LogP contribution is -2.20. The molecule has 0 saturated carbocycles. The van der Waals surface area contributed by atoms with E-state index < -0.39 is 0 Å². The molecule has 2 rings (SSSR count). The molecule has 4 heteroatoms. The molecule has 90 valence electrons. The van der Waals surface area contributed by atoms with Gasteiger partial charge in [0.1, 0.15) is 6.07 Å². The van der Waals surface area contributed by atoms with Gasteiger partial charge in [-0.3, -0.25) is 9.36 Å². The highest BCUT2D eigenvalue weighted by Crippen LogP contribution is 2.29. The highest BCUT2D eigenvalue weighted by molar-refractivity contribution is 5.95. The molecule has 0 N–H and O–H groups in total. The van der Waals surface area contributed by atoms with Crippen molar-refractivity contribution in [1.29, 1.82) is 5.26 Å². The molecular formula is C14H13N3O. The SMILES string of the molecule is C=Cc1nc2n(c1/C=C\C)C(=O)CC(C)=C2C#N. The number of hydrogen-bond acceptors (Lipinski definition) is 3. The van der Waals surface area contributed by atoms with Crippen molar-refractivity contribution in [2.45, 2.75) is 20.3 Å². The fourth-order valence-corrected chi connectivity index (χ4v) is 2.07. The molecule has 1 aliphatic rings. The van der Waals surface area contributed by atoms with E-state index in [4.69, 9.17) is 0 Å². The molecule has 1 aromatic rings. The topological polar surface area (TPSA) is 58.7 Å². The van der Waals surface area contributed by atoms with E-state index in [1.54, 1.807) is 19.1 Å². The number of imidazole rings is 1. The Balaban J connectivity index is 2.81. The fraction of sp³-hybridized carbons (Fsp3) is 0.214. The van der Waals surface area contributed by atoms with Crippen LogP contribution in [0.5, 0.6) is 0 Å². The fourth-order valence-electron chi connectivity index (χ4n) is 2.07. The molecule has 0 aliphatic carbocycles. The Bertz CT molecular complexity index is 639. The summed E-state index contributed by atoms with van der Waals surface area (Å²) in [5.74, 6) is 0.365. The molecule has 0 saturated heterocycles. The van der Waals surface area contributed by atoms with E-state index in [0.717, 1.165) is 5.57 Å². The summed E-state index contributed by atoms with van der Waals surface area (Å²) in [5.41, 5.74) is 2.56. The van der Waals surface area contributed by atoms with Crippen molar-refractivity contribution in [3.05, 3.63) is 35.4 Å². The van der Waals surface area contributed by atoms with Gasteiger partial charge >= 0.3 is 0 Å². The third kappa shape index (κ3) is 1.61. The van der Waals surface area contributed by atoms with Gasteiger partial charge in [0.2, 0.25) is 5.91 Å². The zero-order chi connectivity index (χ0) is 13.3. The summed E-state index contributed by atoms with van der Waals surface area (Å²) in [6.07, 6.45) is 5.49. The van der Waals surface area contributed by atoms with Crippen molar-refractivity contribution >= 4 is 23.6 Å². The molecule has 0 fully saturated rings. The van der Waals surface area contributed by atoms with Crippen LogP contribution in [-0.4, -0.2) is 15.5 Å². The number of allylic oxidation sites excluding steroid dienone is 3. The Labute approximate surface area is 106 Å². The second kappa shape index (κ2) is 4.46. The molecule has 0 atom stereocenters. The molecule has 0 unspecified atom stereocenters. The van der Waals surface area contributed by atoms with Gasteiger partial charge in [0.05, 0.1) is 23.4 Å². The largest absolute Gasteiger partial charge is 0.274 e. The first kappa shape index (κ1) is 12.1. The Morgan fingerprint density at radius 3 is 2.83 bits per heavy atom. The van der Waals surface area contributed by atoms with E-state index in [1.807, 2.05) is 13.0 Å². The van der Waals surface area contributed by atoms with Crippen molar-refractivity contribution in [2.75, 3.05) is 0 Å². The number of rotatable bonds is 2. The van der Waals surface area contributed by atoms with E-state index in [-0.39, 0.29) is 12.3 Å². The highest BCUT2D eigenvalue weighted by Gasteiger charge is 2.27. The number of nitriles is 1. The minimum absolute atomic E-state index is 0.0600. The van der Waals surface area contributed by atoms with Gasteiger partial charge < -0.3 is 0 Å². The first-order valence-corrected chi connectivity index (χ1v) is 5.65. The van der Waals surface area contributed by atoms with Crippen molar-refractivity contribution < 1.29 is 4.79 Å². The number of fused-ring (bicyclic) bond motifs is 1. The molecule has 0 bridgehead atoms. The van der Waals surface area contributed by atoms with Crippen LogP contribution in [0.4, 0.5) is 0 Å². The van der Waals surface area contributed by atoms with E-state index in [9.17, 15) is 10.1 Å². The lowest BCUT2D eigenvalue weighted by atomic mass is 10.0. The van der Waals surface area contributed by atoms with E-state index in [1.165, 1.54) is 4.57 Å². The van der Waals surface area contributed by atoms with Crippen LogP contribution in [0.1, 0.15) is 42.3 Å². The van der Waals surface area contributed by atoms with Crippen LogP contribution in [-0.2, 0) is 0 Å². The lowest BCUT2D eigenvalue weighted by molar-refractivity contribution is 0.0909. The van der Waals surface area contributed by atoms with Gasteiger partial charge in [-0.15, -0.1) is 0 Å². The van der Waals surface area contributed by atoms with Gasteiger partial charge in [-0.1, -0.05) is 12.7 Å². The number of aromatic nitrogens is 2. The van der Waals surface area contributed by atoms with Crippen LogP contribution < -0.4 is 0 Å². The van der Waals surface area contributed by atoms with E-state index in [0.29, 0.717) is 22.8 Å². The predicted octanol–water partition coefficient (Wildman–Crippen LogP) is 2.90. The van der Waals surface area contributed by atoms with Crippen LogP contribution in [0.3, 0.4) is 0 Å². The van der Waals surface area contributed by atoms with Gasteiger partial charge in [0.25, 0.3) is 0 Å². The summed E-state index contributed by atoms with van der Waals surface area (Å²) < 4.78 is 1.50. The summed E-state index contributed by atoms with van der Waals surface area (Å²) in [7, 11) is 0. The summed E-state index contributed by atoms with van der Waals surface area (Å²) in [6, 6.07) is 2.12. The van der Waals surface area contributed by atoms with Crippen molar-refractivity contribution in [1.82, 2.24) is 9.55 Å². The Morgan fingerprint density at radius 1 is 1.56 bits per heavy atom. The van der Waals surface area contributed by atoms with Crippen LogP contribution in [0.2, 0.25) is 0 Å². The number of nitrogens with zero attached hydrogens (tertiary/aromatic N) is 3. The van der Waals surface area contributed by atoms with Crippen LogP contribution in [0.25, 0.3) is 17.7 Å². The lowest BCUT2D eigenvalue weighted by Gasteiger charge is -2.15. The Morgan fingerprint density at radius 2 is 2.28 bits per heavy atom. The second-order valence-corrected chi connectivity index (χ2v) is 4.08. The standard InChI is InChI=1S/C14H13N3O/c1-4-6-12-11(5-2)16-14-10(8-15)9(3)7-13(18)17(12)14/h4-6H,2,7H2,1,3H3/b6-4-. The monoisotopic (exact) mass is 239 g/mol. The average molecular weight is 239 g/mol. The third-order valence-corrected chi connectivity index (χ3v) is 2.89. The Kier molecular flexibility index (Phi) is 2.99. The van der Waals surface area contributed by atoms with Gasteiger partial charge in [0, 0.05) is 0 Å². The number of hydrogen-bond donors (Lipinski definition) is 0. The van der Waals surface area contributed by atoms with E-state index in [2.05, 4.69) is 17.6 Å². The molecule has 0 aromatic carbocycles. The smallest absolute Gasteiger partial charge is 0.236 e. The molecule has 1 aliphatic heterocycles. The quantitative estimate of drug-likeness (QED) is 0.797. The van der Waals surface area contributed by atoms with Crippen molar-refractivity contribution in [3.63, 3.8) is 0 Å². The Hall–Kier alpha value is -2.41. The first-order chi connectivity index (χ1) is 8.63. The predicted molar refractivity (Wildman–Crippen MR) is 70.5 cm³/mol. The second-order valence-electron chi connectivity index (χ2n) is 4.08. The number of carbonyl (C=O) groups is 1. The summed E-state index contributed by atoms with van der Waals surface area (Å²) in [4.78, 5) is 16.4. The molecular weight excluding hydrogens is 226 g/mol. The minimum atomic E-state index is -0.0600. The van der Waals surface area contributed by atoms with Crippen molar-refractivity contribution in [2.24, 2.45) is 0 Å². The normalized spacial score (nSPS) is 14.8. The molecule has 2 heterocycles. The van der Waals surface area contributed by atoms with Crippen LogP contribution >= 0.6 is 0 Å². The van der Waals surface area contributed by atoms with Crippen LogP contribution in [0.15, 0.2) is 18.2 Å². The maximum atomic E-state index is 12.1. The minimum Gasteiger partial charge on any atom is -0.274 e. The van der Waals surface area contributed by atoms with E-state index >= 15 is 0 Å². The number of carbonyl (C=O) groups excluding carboxylic acids is 1. The van der Waals surface area contributed by atoms with Crippen LogP contribution in [0, 0.1) is 11.3 Å². The molecule has 0 amide bonds. The molecule has 0 spiro atoms. The summed E-state index contributed by atoms with van der Waals surface area (Å²) >= 11 is 0. The molecule has 0 radical (unpaired) electrons. The third-order valence-electron chi connectivity index (χ3n) is 2.89. The van der Waals surface area contributed by atoms with Gasteiger partial charge in [0.15, 0.2) is 5.82 Å². The van der Waals surface area contributed by atoms with Crippen molar-refractivity contribution in [3.8, 4) is 6.07 Å². The van der Waals surface area contributed by atoms with Gasteiger partial charge in [-0.05, 0) is 31.6 Å². The van der Waals surface area contributed by atoms with Gasteiger partial charge in [-0.25, -0.2) is 4.98 Å². The summed E-state index contributed by atoms with van der Waals surface area (Å²) in [5, 5.41) is 9.18. The summed E-state index contributed by atoms with van der Waals surface area (Å²) in [6.45, 7) is 7.35. The zero-order valence-electron chi connectivity index (χ0n) is 10.4. The highest BCUT2D eigenvalue weighted by atomic mass is 16.2. The maximum absolute atomic E-state index is 12.1. The average Bonchev–Trinajstić information content (AvgIpc) is 2.69. The molecule has 1 aromatic heterocycles.